The molecular formula is C8H12ClNO2S. The number of hydrogen-bond acceptors (Lipinski definition) is 3. The molecule has 0 fully saturated rings. The molecular weight excluding hydrogens is 210 g/mol. The van der Waals surface area contributed by atoms with Crippen LogP contribution in [0.2, 0.25) is 0 Å². The lowest BCUT2D eigenvalue weighted by atomic mass is 9.99. The fraction of sp³-hybridized carbons (Fsp3) is 0.375. The first-order valence-electron chi connectivity index (χ1n) is 3.71. The van der Waals surface area contributed by atoms with Crippen LogP contribution in [-0.2, 0) is 4.79 Å². The van der Waals surface area contributed by atoms with Gasteiger partial charge in [0.05, 0.1) is 5.92 Å². The zero-order chi connectivity index (χ0) is 9.14. The van der Waals surface area contributed by atoms with Gasteiger partial charge in [0.25, 0.3) is 0 Å². The highest BCUT2D eigenvalue weighted by Crippen LogP contribution is 2.28. The lowest BCUT2D eigenvalue weighted by molar-refractivity contribution is -0.138. The molecule has 0 aliphatic heterocycles. The second kappa shape index (κ2) is 5.09. The molecule has 0 aliphatic rings. The Morgan fingerprint density at radius 2 is 2.31 bits per heavy atom. The van der Waals surface area contributed by atoms with Gasteiger partial charge < -0.3 is 10.8 Å². The zero-order valence-electron chi connectivity index (χ0n) is 7.19. The van der Waals surface area contributed by atoms with Crippen LogP contribution in [-0.4, -0.2) is 11.1 Å². The molecule has 1 aromatic heterocycles. The van der Waals surface area contributed by atoms with E-state index in [1.54, 1.807) is 10.8 Å². The first-order valence-corrected chi connectivity index (χ1v) is 4.65. The summed E-state index contributed by atoms with van der Waals surface area (Å²) < 4.78 is 0. The van der Waals surface area contributed by atoms with Gasteiger partial charge in [0.2, 0.25) is 0 Å². The van der Waals surface area contributed by atoms with Crippen LogP contribution >= 0.6 is 23.7 Å². The average molecular weight is 222 g/mol. The number of thiophene rings is 1. The van der Waals surface area contributed by atoms with Crippen LogP contribution in [0.15, 0.2) is 10.8 Å². The van der Waals surface area contributed by atoms with Gasteiger partial charge in [-0.3, -0.25) is 4.79 Å². The molecule has 1 rings (SSSR count). The predicted octanol–water partition coefficient (Wildman–Crippen LogP) is 2.33. The summed E-state index contributed by atoms with van der Waals surface area (Å²) >= 11 is 1.44. The number of hydrogen-bond donors (Lipinski definition) is 2. The van der Waals surface area contributed by atoms with Crippen molar-refractivity contribution in [2.75, 3.05) is 5.73 Å². The summed E-state index contributed by atoms with van der Waals surface area (Å²) in [6.45, 7) is 1.84. The van der Waals surface area contributed by atoms with E-state index in [9.17, 15) is 4.79 Å². The monoisotopic (exact) mass is 221 g/mol. The zero-order valence-corrected chi connectivity index (χ0v) is 8.82. The molecule has 1 aromatic rings. The van der Waals surface area contributed by atoms with Crippen LogP contribution in [0.25, 0.3) is 0 Å². The van der Waals surface area contributed by atoms with Crippen LogP contribution in [0.3, 0.4) is 0 Å². The minimum Gasteiger partial charge on any atom is -0.481 e. The van der Waals surface area contributed by atoms with Crippen molar-refractivity contribution in [2.24, 2.45) is 0 Å². The lowest BCUT2D eigenvalue weighted by Gasteiger charge is -2.07. The van der Waals surface area contributed by atoms with Crippen molar-refractivity contribution >= 4 is 35.4 Å². The summed E-state index contributed by atoms with van der Waals surface area (Å²) in [5.74, 6) is -1.25. The third kappa shape index (κ3) is 2.60. The van der Waals surface area contributed by atoms with Gasteiger partial charge in [0.1, 0.15) is 0 Å². The number of rotatable bonds is 3. The Labute approximate surface area is 87.0 Å². The van der Waals surface area contributed by atoms with Gasteiger partial charge in [-0.15, -0.1) is 23.7 Å². The maximum Gasteiger partial charge on any atom is 0.311 e. The first-order chi connectivity index (χ1) is 5.66. The van der Waals surface area contributed by atoms with Crippen molar-refractivity contribution in [1.29, 1.82) is 0 Å². The van der Waals surface area contributed by atoms with Crippen molar-refractivity contribution in [3.63, 3.8) is 0 Å². The van der Waals surface area contributed by atoms with Crippen LogP contribution in [0, 0.1) is 0 Å². The van der Waals surface area contributed by atoms with E-state index >= 15 is 0 Å². The molecule has 0 bridgehead atoms. The van der Waals surface area contributed by atoms with Crippen LogP contribution < -0.4 is 5.73 Å². The summed E-state index contributed by atoms with van der Waals surface area (Å²) in [4.78, 5) is 10.7. The number of halogens is 1. The van der Waals surface area contributed by atoms with E-state index in [1.165, 1.54) is 11.3 Å². The van der Waals surface area contributed by atoms with Crippen LogP contribution in [0.5, 0.6) is 0 Å². The minimum atomic E-state index is -0.803. The second-order valence-corrected chi connectivity index (χ2v) is 3.33. The van der Waals surface area contributed by atoms with E-state index in [1.807, 2.05) is 6.92 Å². The van der Waals surface area contributed by atoms with Gasteiger partial charge in [-0.25, -0.2) is 0 Å². The largest absolute Gasteiger partial charge is 0.481 e. The van der Waals surface area contributed by atoms with Gasteiger partial charge in [0.15, 0.2) is 0 Å². The molecule has 0 saturated heterocycles. The van der Waals surface area contributed by atoms with Gasteiger partial charge in [-0.2, -0.15) is 0 Å². The molecule has 0 radical (unpaired) electrons. The summed E-state index contributed by atoms with van der Waals surface area (Å²) in [5, 5.41) is 12.4. The molecule has 1 atom stereocenters. The van der Waals surface area contributed by atoms with E-state index in [-0.39, 0.29) is 12.4 Å². The van der Waals surface area contributed by atoms with E-state index in [0.717, 1.165) is 5.56 Å². The Hall–Kier alpha value is -0.740. The summed E-state index contributed by atoms with van der Waals surface area (Å²) in [7, 11) is 0. The minimum absolute atomic E-state index is 0. The van der Waals surface area contributed by atoms with Gasteiger partial charge >= 0.3 is 5.97 Å². The van der Waals surface area contributed by atoms with Gasteiger partial charge in [-0.1, -0.05) is 6.92 Å². The van der Waals surface area contributed by atoms with Crippen molar-refractivity contribution < 1.29 is 9.90 Å². The van der Waals surface area contributed by atoms with Crippen molar-refractivity contribution in [3.05, 3.63) is 16.3 Å². The Morgan fingerprint density at radius 1 is 1.69 bits per heavy atom. The van der Waals surface area contributed by atoms with Gasteiger partial charge in [-0.05, 0) is 17.4 Å². The summed E-state index contributed by atoms with van der Waals surface area (Å²) in [6, 6.07) is 0. The van der Waals surface area contributed by atoms with E-state index in [4.69, 9.17) is 10.8 Å². The van der Waals surface area contributed by atoms with E-state index in [2.05, 4.69) is 0 Å². The molecule has 1 heterocycles. The summed E-state index contributed by atoms with van der Waals surface area (Å²) in [6.07, 6.45) is 0.580. The molecule has 0 aromatic carbocycles. The number of anilines is 1. The standard InChI is InChI=1S/C8H11NO2S.ClH/c1-2-5(8(10)11)6-3-12-4-7(6)9;/h3-5H,2,9H2,1H3,(H,10,11);1H. The number of aliphatic carboxylic acids is 1. The number of nitrogens with two attached hydrogens (primary N) is 1. The highest BCUT2D eigenvalue weighted by molar-refractivity contribution is 7.08. The molecule has 1 unspecified atom stereocenters. The molecule has 0 saturated carbocycles. The quantitative estimate of drug-likeness (QED) is 0.824. The Kier molecular flexibility index (Phi) is 4.80. The molecule has 3 N–H and O–H groups in total. The van der Waals surface area contributed by atoms with Crippen molar-refractivity contribution in [3.8, 4) is 0 Å². The third-order valence-electron chi connectivity index (χ3n) is 1.81. The Bertz CT molecular complexity index is 287. The molecule has 0 spiro atoms. The van der Waals surface area contributed by atoms with Crippen molar-refractivity contribution in [2.45, 2.75) is 19.3 Å². The van der Waals surface area contributed by atoms with Crippen LogP contribution in [0.1, 0.15) is 24.8 Å². The Morgan fingerprint density at radius 3 is 2.62 bits per heavy atom. The SMILES string of the molecule is CCC(C(=O)O)c1cscc1N.Cl. The molecule has 13 heavy (non-hydrogen) atoms. The number of carboxylic acid groups (broad SMARTS) is 1. The maximum absolute atomic E-state index is 10.7. The molecule has 0 aliphatic carbocycles. The smallest absolute Gasteiger partial charge is 0.311 e. The fourth-order valence-corrected chi connectivity index (χ4v) is 1.93. The van der Waals surface area contributed by atoms with Crippen molar-refractivity contribution in [1.82, 2.24) is 0 Å². The second-order valence-electron chi connectivity index (χ2n) is 2.58. The van der Waals surface area contributed by atoms with Gasteiger partial charge in [0, 0.05) is 11.1 Å². The maximum atomic E-state index is 10.7. The average Bonchev–Trinajstić information content (AvgIpc) is 2.38. The number of carbonyl (C=O) groups is 1. The number of nitrogen functional groups attached to an aromatic ring is 1. The molecule has 3 nitrogen and oxygen atoms in total. The van der Waals surface area contributed by atoms with Crippen LogP contribution in [0.4, 0.5) is 5.69 Å². The van der Waals surface area contributed by atoms with E-state index in [0.29, 0.717) is 12.1 Å². The highest BCUT2D eigenvalue weighted by atomic mass is 35.5. The fourth-order valence-electron chi connectivity index (χ4n) is 1.13. The third-order valence-corrected chi connectivity index (χ3v) is 2.59. The first kappa shape index (κ1) is 12.3. The summed E-state index contributed by atoms with van der Waals surface area (Å²) in [5.41, 5.74) is 6.94. The molecule has 0 amide bonds. The molecule has 74 valence electrons. The predicted molar refractivity (Wildman–Crippen MR) is 56.6 cm³/mol. The normalized spacial score (nSPS) is 11.8. The Balaban J connectivity index is 0.00000144. The van der Waals surface area contributed by atoms with E-state index < -0.39 is 11.9 Å². The number of carboxylic acids is 1. The lowest BCUT2D eigenvalue weighted by Crippen LogP contribution is -2.10. The topological polar surface area (TPSA) is 63.3 Å². The highest BCUT2D eigenvalue weighted by Gasteiger charge is 2.20. The molecule has 5 heteroatoms.